The molecule has 2 rings (SSSR count). The van der Waals surface area contributed by atoms with E-state index in [2.05, 4.69) is 24.1 Å². The van der Waals surface area contributed by atoms with Crippen LogP contribution in [0.25, 0.3) is 0 Å². The van der Waals surface area contributed by atoms with Crippen LogP contribution in [0.3, 0.4) is 0 Å². The maximum absolute atomic E-state index is 12.1. The second-order valence-corrected chi connectivity index (χ2v) is 6.54. The molecule has 2 unspecified atom stereocenters. The minimum Gasteiger partial charge on any atom is -0.319 e. The van der Waals surface area contributed by atoms with Crippen LogP contribution in [-0.2, 0) is 4.79 Å². The van der Waals surface area contributed by atoms with Crippen LogP contribution in [0.4, 0.5) is 11.4 Å². The number of likely N-dealkylation sites (tertiary alicyclic amines) is 1. The lowest BCUT2D eigenvalue weighted by atomic mass is 9.92. The van der Waals surface area contributed by atoms with Crippen molar-refractivity contribution in [2.45, 2.75) is 20.3 Å². The summed E-state index contributed by atoms with van der Waals surface area (Å²) in [5.41, 5.74) is -0.0151. The predicted molar refractivity (Wildman–Crippen MR) is 86.1 cm³/mol. The number of carbonyl (C=O) groups excluding carboxylic acids is 1. The molecule has 1 fully saturated rings. The Morgan fingerprint density at radius 1 is 1.41 bits per heavy atom. The van der Waals surface area contributed by atoms with Crippen LogP contribution in [0.1, 0.15) is 20.3 Å². The molecule has 2 atom stereocenters. The molecule has 0 aliphatic carbocycles. The van der Waals surface area contributed by atoms with Gasteiger partial charge in [-0.15, -0.1) is 0 Å². The van der Waals surface area contributed by atoms with Crippen molar-refractivity contribution in [2.24, 2.45) is 11.8 Å². The van der Waals surface area contributed by atoms with Gasteiger partial charge in [0, 0.05) is 24.2 Å². The monoisotopic (exact) mass is 325 g/mol. The summed E-state index contributed by atoms with van der Waals surface area (Å²) in [6.45, 7) is 6.34. The van der Waals surface area contributed by atoms with E-state index in [1.165, 1.54) is 24.6 Å². The molecule has 0 spiro atoms. The van der Waals surface area contributed by atoms with Crippen molar-refractivity contribution in [2.75, 3.05) is 25.0 Å². The van der Waals surface area contributed by atoms with Crippen LogP contribution < -0.4 is 5.32 Å². The van der Waals surface area contributed by atoms with Crippen molar-refractivity contribution >= 4 is 28.9 Å². The van der Waals surface area contributed by atoms with Gasteiger partial charge in [-0.25, -0.2) is 0 Å². The molecule has 1 heterocycles. The van der Waals surface area contributed by atoms with E-state index in [0.29, 0.717) is 11.8 Å². The molecule has 0 bridgehead atoms. The molecule has 7 heteroatoms. The molecule has 6 nitrogen and oxygen atoms in total. The molecule has 1 aliphatic rings. The summed E-state index contributed by atoms with van der Waals surface area (Å²) in [5.74, 6) is 0.870. The first kappa shape index (κ1) is 16.7. The smallest absolute Gasteiger partial charge is 0.294 e. The number of carbonyl (C=O) groups is 1. The summed E-state index contributed by atoms with van der Waals surface area (Å²) in [6, 6.07) is 4.22. The van der Waals surface area contributed by atoms with Crippen LogP contribution in [0, 0.1) is 22.0 Å². The average Bonchev–Trinajstić information content (AvgIpc) is 2.39. The molecule has 1 aromatic rings. The standard InChI is InChI=1S/C15H20ClN3O3/c1-10-5-11(2)8-18(7-10)9-15(20)17-13-4-3-12(16)6-14(13)19(21)22/h3-4,6,10-11H,5,7-9H2,1-2H3,(H,17,20). The topological polar surface area (TPSA) is 75.5 Å². The molecule has 1 aromatic carbocycles. The third-order valence-corrected chi connectivity index (χ3v) is 3.98. The van der Waals surface area contributed by atoms with Crippen molar-refractivity contribution in [3.05, 3.63) is 33.3 Å². The second kappa shape index (κ2) is 7.07. The Kier molecular flexibility index (Phi) is 5.37. The van der Waals surface area contributed by atoms with Gasteiger partial charge in [0.25, 0.3) is 5.69 Å². The minimum atomic E-state index is -0.549. The minimum absolute atomic E-state index is 0.178. The summed E-state index contributed by atoms with van der Waals surface area (Å²) >= 11 is 5.76. The van der Waals surface area contributed by atoms with Crippen LogP contribution >= 0.6 is 11.6 Å². The van der Waals surface area contributed by atoms with Crippen molar-refractivity contribution in [1.29, 1.82) is 0 Å². The normalized spacial score (nSPS) is 22.3. The van der Waals surface area contributed by atoms with Crippen molar-refractivity contribution in [3.63, 3.8) is 0 Å². The number of anilines is 1. The highest BCUT2D eigenvalue weighted by molar-refractivity contribution is 6.31. The van der Waals surface area contributed by atoms with E-state index in [0.717, 1.165) is 13.1 Å². The highest BCUT2D eigenvalue weighted by Crippen LogP contribution is 2.28. The maximum atomic E-state index is 12.1. The van der Waals surface area contributed by atoms with Gasteiger partial charge >= 0.3 is 0 Å². The summed E-state index contributed by atoms with van der Waals surface area (Å²) < 4.78 is 0. The molecule has 1 amide bonds. The number of nitrogens with one attached hydrogen (secondary N) is 1. The second-order valence-electron chi connectivity index (χ2n) is 6.11. The molecule has 1 saturated heterocycles. The first-order chi connectivity index (χ1) is 10.3. The van der Waals surface area contributed by atoms with Gasteiger partial charge in [-0.05, 0) is 30.4 Å². The fraction of sp³-hybridized carbons (Fsp3) is 0.533. The van der Waals surface area contributed by atoms with Crippen LogP contribution in [0.15, 0.2) is 18.2 Å². The first-order valence-electron chi connectivity index (χ1n) is 7.31. The maximum Gasteiger partial charge on any atom is 0.294 e. The summed E-state index contributed by atoms with van der Waals surface area (Å²) in [6.07, 6.45) is 1.17. The molecule has 1 aliphatic heterocycles. The van der Waals surface area contributed by atoms with E-state index >= 15 is 0 Å². The van der Waals surface area contributed by atoms with Crippen molar-refractivity contribution in [3.8, 4) is 0 Å². The Labute approximate surface area is 134 Å². The van der Waals surface area contributed by atoms with Crippen LogP contribution in [0.2, 0.25) is 5.02 Å². The first-order valence-corrected chi connectivity index (χ1v) is 7.69. The molecule has 0 aromatic heterocycles. The predicted octanol–water partition coefficient (Wildman–Crippen LogP) is 3.16. The zero-order valence-corrected chi connectivity index (χ0v) is 13.5. The van der Waals surface area contributed by atoms with Crippen LogP contribution in [-0.4, -0.2) is 35.4 Å². The lowest BCUT2D eigenvalue weighted by Crippen LogP contribution is -2.42. The van der Waals surface area contributed by atoms with E-state index in [-0.39, 0.29) is 28.8 Å². The van der Waals surface area contributed by atoms with Gasteiger partial charge in [0.15, 0.2) is 0 Å². The summed E-state index contributed by atoms with van der Waals surface area (Å²) in [7, 11) is 0. The fourth-order valence-electron chi connectivity index (χ4n) is 3.08. The summed E-state index contributed by atoms with van der Waals surface area (Å²) in [4.78, 5) is 24.7. The molecular weight excluding hydrogens is 306 g/mol. The average molecular weight is 326 g/mol. The van der Waals surface area contributed by atoms with Crippen molar-refractivity contribution in [1.82, 2.24) is 4.90 Å². The highest BCUT2D eigenvalue weighted by atomic mass is 35.5. The van der Waals surface area contributed by atoms with Gasteiger partial charge in [0.2, 0.25) is 5.91 Å². The Balaban J connectivity index is 2.02. The van der Waals surface area contributed by atoms with Gasteiger partial charge in [-0.2, -0.15) is 0 Å². The fourth-order valence-corrected chi connectivity index (χ4v) is 3.24. The van der Waals surface area contributed by atoms with Gasteiger partial charge in [-0.1, -0.05) is 25.4 Å². The number of nitrogens with zero attached hydrogens (tertiary/aromatic N) is 2. The molecule has 120 valence electrons. The van der Waals surface area contributed by atoms with E-state index in [9.17, 15) is 14.9 Å². The lowest BCUT2D eigenvalue weighted by Gasteiger charge is -2.34. The Morgan fingerprint density at radius 3 is 2.64 bits per heavy atom. The van der Waals surface area contributed by atoms with E-state index in [1.54, 1.807) is 0 Å². The van der Waals surface area contributed by atoms with E-state index in [4.69, 9.17) is 11.6 Å². The van der Waals surface area contributed by atoms with E-state index < -0.39 is 4.92 Å². The third kappa shape index (κ3) is 4.42. The molecule has 1 N–H and O–H groups in total. The number of nitro groups is 1. The van der Waals surface area contributed by atoms with Crippen molar-refractivity contribution < 1.29 is 9.72 Å². The number of benzene rings is 1. The van der Waals surface area contributed by atoms with Crippen LogP contribution in [0.5, 0.6) is 0 Å². The van der Waals surface area contributed by atoms with Gasteiger partial charge < -0.3 is 5.32 Å². The van der Waals surface area contributed by atoms with Gasteiger partial charge in [0.05, 0.1) is 11.5 Å². The number of hydrogen-bond acceptors (Lipinski definition) is 4. The number of hydrogen-bond donors (Lipinski definition) is 1. The quantitative estimate of drug-likeness (QED) is 0.681. The molecule has 0 radical (unpaired) electrons. The number of piperidine rings is 1. The van der Waals surface area contributed by atoms with Gasteiger partial charge in [-0.3, -0.25) is 19.8 Å². The molecule has 0 saturated carbocycles. The number of rotatable bonds is 4. The Bertz CT molecular complexity index is 569. The zero-order chi connectivity index (χ0) is 16.3. The van der Waals surface area contributed by atoms with Gasteiger partial charge in [0.1, 0.15) is 5.69 Å². The zero-order valence-electron chi connectivity index (χ0n) is 12.7. The lowest BCUT2D eigenvalue weighted by molar-refractivity contribution is -0.383. The number of amides is 1. The number of nitro benzene ring substituents is 1. The highest BCUT2D eigenvalue weighted by Gasteiger charge is 2.24. The Morgan fingerprint density at radius 2 is 2.05 bits per heavy atom. The Hall–Kier alpha value is -1.66. The molecule has 22 heavy (non-hydrogen) atoms. The third-order valence-electron chi connectivity index (χ3n) is 3.74. The summed E-state index contributed by atoms with van der Waals surface area (Å²) in [5, 5.41) is 13.9. The number of halogens is 1. The molecular formula is C15H20ClN3O3. The van der Waals surface area contributed by atoms with E-state index in [1.807, 2.05) is 0 Å². The largest absolute Gasteiger partial charge is 0.319 e. The SMILES string of the molecule is CC1CC(C)CN(CC(=O)Nc2ccc(Cl)cc2[N+](=O)[O-])C1.